The lowest BCUT2D eigenvalue weighted by molar-refractivity contribution is 0.573. The van der Waals surface area contributed by atoms with E-state index in [-0.39, 0.29) is 6.04 Å². The first kappa shape index (κ1) is 12.1. The minimum Gasteiger partial charge on any atom is -0.306 e. The molecular weight excluding hydrogens is 232 g/mol. The summed E-state index contributed by atoms with van der Waals surface area (Å²) in [6, 6.07) is 14.4. The van der Waals surface area contributed by atoms with Gasteiger partial charge in [-0.25, -0.2) is 4.98 Å². The lowest BCUT2D eigenvalue weighted by atomic mass is 10.1. The lowest BCUT2D eigenvalue weighted by Gasteiger charge is -2.15. The molecule has 0 spiro atoms. The number of pyridine rings is 1. The van der Waals surface area contributed by atoms with Gasteiger partial charge in [-0.05, 0) is 18.6 Å². The number of halogens is 1. The van der Waals surface area contributed by atoms with Crippen LogP contribution >= 0.6 is 11.6 Å². The molecule has 0 bridgehead atoms. The molecule has 0 aliphatic carbocycles. The Morgan fingerprint density at radius 3 is 2.65 bits per heavy atom. The molecule has 0 aliphatic rings. The van der Waals surface area contributed by atoms with Gasteiger partial charge in [0.2, 0.25) is 0 Å². The standard InChI is InChI=1S/C14H15ClN2/c1-11(13-8-5-9-16-14(13)15)17-10-12-6-3-2-4-7-12/h2-9,11,17H,10H2,1H3/t11-/m0/s1. The van der Waals surface area contributed by atoms with Crippen molar-refractivity contribution in [1.82, 2.24) is 10.3 Å². The minimum atomic E-state index is 0.191. The molecule has 0 fully saturated rings. The Labute approximate surface area is 107 Å². The third-order valence-corrected chi connectivity index (χ3v) is 3.03. The highest BCUT2D eigenvalue weighted by molar-refractivity contribution is 6.30. The van der Waals surface area contributed by atoms with Gasteiger partial charge in [-0.2, -0.15) is 0 Å². The van der Waals surface area contributed by atoms with Crippen LogP contribution in [0.25, 0.3) is 0 Å². The molecule has 3 heteroatoms. The summed E-state index contributed by atoms with van der Waals surface area (Å²) in [6.07, 6.45) is 1.70. The number of rotatable bonds is 4. The van der Waals surface area contributed by atoms with Gasteiger partial charge in [0.25, 0.3) is 0 Å². The first-order valence-corrected chi connectivity index (χ1v) is 6.03. The van der Waals surface area contributed by atoms with Crippen LogP contribution in [0.5, 0.6) is 0 Å². The van der Waals surface area contributed by atoms with Gasteiger partial charge < -0.3 is 5.32 Å². The quantitative estimate of drug-likeness (QED) is 0.834. The first-order valence-electron chi connectivity index (χ1n) is 5.65. The average Bonchev–Trinajstić information content (AvgIpc) is 2.38. The molecule has 0 amide bonds. The summed E-state index contributed by atoms with van der Waals surface area (Å²) in [5, 5.41) is 4.00. The third kappa shape index (κ3) is 3.29. The fourth-order valence-corrected chi connectivity index (χ4v) is 1.98. The van der Waals surface area contributed by atoms with Crippen LogP contribution in [0, 0.1) is 0 Å². The smallest absolute Gasteiger partial charge is 0.133 e. The largest absolute Gasteiger partial charge is 0.306 e. The van der Waals surface area contributed by atoms with E-state index in [0.29, 0.717) is 5.15 Å². The monoisotopic (exact) mass is 246 g/mol. The SMILES string of the molecule is C[C@H](NCc1ccccc1)c1cccnc1Cl. The Morgan fingerprint density at radius 1 is 1.18 bits per heavy atom. The highest BCUT2D eigenvalue weighted by Gasteiger charge is 2.08. The molecule has 2 rings (SSSR count). The molecule has 0 saturated heterocycles. The van der Waals surface area contributed by atoms with Gasteiger partial charge in [-0.15, -0.1) is 0 Å². The topological polar surface area (TPSA) is 24.9 Å². The Kier molecular flexibility index (Phi) is 4.13. The molecular formula is C14H15ClN2. The molecule has 0 saturated carbocycles. The van der Waals surface area contributed by atoms with E-state index in [1.54, 1.807) is 6.20 Å². The fourth-order valence-electron chi connectivity index (χ4n) is 1.70. The lowest BCUT2D eigenvalue weighted by Crippen LogP contribution is -2.18. The second-order valence-corrected chi connectivity index (χ2v) is 4.33. The molecule has 1 N–H and O–H groups in total. The maximum atomic E-state index is 6.05. The summed E-state index contributed by atoms with van der Waals surface area (Å²) in [6.45, 7) is 2.92. The van der Waals surface area contributed by atoms with E-state index in [1.807, 2.05) is 30.3 Å². The van der Waals surface area contributed by atoms with Crippen molar-refractivity contribution in [2.75, 3.05) is 0 Å². The second-order valence-electron chi connectivity index (χ2n) is 3.97. The molecule has 0 unspecified atom stereocenters. The molecule has 17 heavy (non-hydrogen) atoms. The number of hydrogen-bond donors (Lipinski definition) is 1. The molecule has 2 nitrogen and oxygen atoms in total. The van der Waals surface area contributed by atoms with Crippen molar-refractivity contribution in [2.24, 2.45) is 0 Å². The van der Waals surface area contributed by atoms with Crippen molar-refractivity contribution in [1.29, 1.82) is 0 Å². The van der Waals surface area contributed by atoms with Gasteiger partial charge in [0.1, 0.15) is 5.15 Å². The van der Waals surface area contributed by atoms with Crippen LogP contribution in [-0.4, -0.2) is 4.98 Å². The van der Waals surface area contributed by atoms with E-state index in [9.17, 15) is 0 Å². The van der Waals surface area contributed by atoms with Gasteiger partial charge in [-0.1, -0.05) is 48.0 Å². The Bertz CT molecular complexity index is 471. The molecule has 0 radical (unpaired) electrons. The molecule has 1 aromatic carbocycles. The number of nitrogens with one attached hydrogen (secondary N) is 1. The number of nitrogens with zero attached hydrogens (tertiary/aromatic N) is 1. The normalized spacial score (nSPS) is 12.4. The summed E-state index contributed by atoms with van der Waals surface area (Å²) in [5.74, 6) is 0. The van der Waals surface area contributed by atoms with Gasteiger partial charge in [0, 0.05) is 24.3 Å². The minimum absolute atomic E-state index is 0.191. The predicted octanol–water partition coefficient (Wildman–Crippen LogP) is 3.59. The molecule has 1 atom stereocenters. The summed E-state index contributed by atoms with van der Waals surface area (Å²) < 4.78 is 0. The van der Waals surface area contributed by atoms with Gasteiger partial charge in [0.05, 0.1) is 0 Å². The van der Waals surface area contributed by atoms with Crippen molar-refractivity contribution >= 4 is 11.6 Å². The van der Waals surface area contributed by atoms with Crippen LogP contribution in [0.15, 0.2) is 48.7 Å². The number of benzene rings is 1. The van der Waals surface area contributed by atoms with E-state index in [1.165, 1.54) is 5.56 Å². The van der Waals surface area contributed by atoms with Gasteiger partial charge >= 0.3 is 0 Å². The van der Waals surface area contributed by atoms with Crippen molar-refractivity contribution in [3.8, 4) is 0 Å². The molecule has 2 aromatic rings. The van der Waals surface area contributed by atoms with E-state index in [0.717, 1.165) is 12.1 Å². The second kappa shape index (κ2) is 5.80. The third-order valence-electron chi connectivity index (χ3n) is 2.71. The van der Waals surface area contributed by atoms with Crippen LogP contribution in [0.2, 0.25) is 5.15 Å². The number of aromatic nitrogens is 1. The van der Waals surface area contributed by atoms with Crippen molar-refractivity contribution in [3.05, 3.63) is 64.9 Å². The van der Waals surface area contributed by atoms with E-state index >= 15 is 0 Å². The predicted molar refractivity (Wildman–Crippen MR) is 70.9 cm³/mol. The van der Waals surface area contributed by atoms with Gasteiger partial charge in [-0.3, -0.25) is 0 Å². The molecule has 88 valence electrons. The Morgan fingerprint density at radius 2 is 1.94 bits per heavy atom. The Balaban J connectivity index is 1.99. The van der Waals surface area contributed by atoms with Crippen LogP contribution in [0.4, 0.5) is 0 Å². The zero-order chi connectivity index (χ0) is 12.1. The highest BCUT2D eigenvalue weighted by atomic mass is 35.5. The summed E-state index contributed by atoms with van der Waals surface area (Å²) in [5.41, 5.74) is 2.30. The van der Waals surface area contributed by atoms with Gasteiger partial charge in [0.15, 0.2) is 0 Å². The van der Waals surface area contributed by atoms with E-state index in [4.69, 9.17) is 11.6 Å². The molecule has 0 aliphatic heterocycles. The van der Waals surface area contributed by atoms with Crippen molar-refractivity contribution in [3.63, 3.8) is 0 Å². The number of hydrogen-bond acceptors (Lipinski definition) is 2. The van der Waals surface area contributed by atoms with E-state index in [2.05, 4.69) is 29.4 Å². The van der Waals surface area contributed by atoms with Crippen LogP contribution in [-0.2, 0) is 6.54 Å². The first-order chi connectivity index (χ1) is 8.27. The zero-order valence-corrected chi connectivity index (χ0v) is 10.5. The van der Waals surface area contributed by atoms with Crippen LogP contribution in [0.1, 0.15) is 24.1 Å². The summed E-state index contributed by atoms with van der Waals surface area (Å²) >= 11 is 6.05. The average molecular weight is 247 g/mol. The fraction of sp³-hybridized carbons (Fsp3) is 0.214. The Hall–Kier alpha value is -1.38. The maximum absolute atomic E-state index is 6.05. The molecule has 1 heterocycles. The van der Waals surface area contributed by atoms with Crippen LogP contribution < -0.4 is 5.32 Å². The zero-order valence-electron chi connectivity index (χ0n) is 9.73. The van der Waals surface area contributed by atoms with Crippen LogP contribution in [0.3, 0.4) is 0 Å². The summed E-state index contributed by atoms with van der Waals surface area (Å²) in [4.78, 5) is 4.08. The molecule has 1 aromatic heterocycles. The van der Waals surface area contributed by atoms with E-state index < -0.39 is 0 Å². The summed E-state index contributed by atoms with van der Waals surface area (Å²) in [7, 11) is 0. The van der Waals surface area contributed by atoms with Crippen molar-refractivity contribution < 1.29 is 0 Å². The van der Waals surface area contributed by atoms with Crippen molar-refractivity contribution in [2.45, 2.75) is 19.5 Å². The maximum Gasteiger partial charge on any atom is 0.133 e. The highest BCUT2D eigenvalue weighted by Crippen LogP contribution is 2.20.